The summed E-state index contributed by atoms with van der Waals surface area (Å²) in [6.07, 6.45) is 11.0. The first kappa shape index (κ1) is 21.9. The van der Waals surface area contributed by atoms with Crippen LogP contribution in [-0.2, 0) is 4.79 Å². The largest absolute Gasteiger partial charge is 0.493 e. The molecule has 0 radical (unpaired) electrons. The van der Waals surface area contributed by atoms with Crippen LogP contribution >= 0.6 is 24.0 Å². The maximum absolute atomic E-state index is 12.9. The fourth-order valence-corrected chi connectivity index (χ4v) is 4.84. The number of hydrogen-bond acceptors (Lipinski definition) is 5. The van der Waals surface area contributed by atoms with Crippen molar-refractivity contribution in [3.63, 3.8) is 0 Å². The standard InChI is InChI=1S/C23H29NO3S2/c1-4-5-6-7-8-9-13-24-22(25)20(29-23(24)28)15-18-14-17-11-10-12-19(26-3)21(17)27-16(18)2/h10-12,14-16H,4-9,13H2,1-3H3. The lowest BCUT2D eigenvalue weighted by atomic mass is 10.0. The number of thiocarbonyl (C=S) groups is 1. The fourth-order valence-electron chi connectivity index (χ4n) is 3.53. The zero-order chi connectivity index (χ0) is 20.8. The quantitative estimate of drug-likeness (QED) is 0.274. The van der Waals surface area contributed by atoms with Crippen molar-refractivity contribution in [2.24, 2.45) is 0 Å². The molecule has 1 saturated heterocycles. The first-order chi connectivity index (χ1) is 14.0. The summed E-state index contributed by atoms with van der Waals surface area (Å²) in [5, 5.41) is 0. The molecule has 1 unspecified atom stereocenters. The van der Waals surface area contributed by atoms with Gasteiger partial charge in [0.25, 0.3) is 5.91 Å². The molecule has 0 N–H and O–H groups in total. The van der Waals surface area contributed by atoms with Crippen LogP contribution in [0.1, 0.15) is 57.9 Å². The Labute approximate surface area is 183 Å². The van der Waals surface area contributed by atoms with E-state index in [4.69, 9.17) is 21.7 Å². The second-order valence-electron chi connectivity index (χ2n) is 7.38. The normalized spacial score (nSPS) is 20.0. The number of para-hydroxylation sites is 1. The fraction of sp³-hybridized carbons (Fsp3) is 0.478. The summed E-state index contributed by atoms with van der Waals surface area (Å²) in [5.41, 5.74) is 1.92. The molecule has 1 fully saturated rings. The maximum atomic E-state index is 12.9. The highest BCUT2D eigenvalue weighted by Gasteiger charge is 2.32. The van der Waals surface area contributed by atoms with Crippen molar-refractivity contribution in [2.75, 3.05) is 13.7 Å². The molecule has 29 heavy (non-hydrogen) atoms. The number of methoxy groups -OCH3 is 1. The smallest absolute Gasteiger partial charge is 0.266 e. The van der Waals surface area contributed by atoms with E-state index in [1.807, 2.05) is 31.2 Å². The van der Waals surface area contributed by atoms with Gasteiger partial charge >= 0.3 is 0 Å². The molecule has 0 bridgehead atoms. The van der Waals surface area contributed by atoms with Gasteiger partial charge in [-0.15, -0.1) is 0 Å². The number of amides is 1. The van der Waals surface area contributed by atoms with Crippen LogP contribution in [0.3, 0.4) is 0 Å². The van der Waals surface area contributed by atoms with Crippen molar-refractivity contribution in [3.05, 3.63) is 40.3 Å². The van der Waals surface area contributed by atoms with Gasteiger partial charge in [-0.05, 0) is 37.1 Å². The molecule has 1 atom stereocenters. The van der Waals surface area contributed by atoms with E-state index >= 15 is 0 Å². The average Bonchev–Trinajstić information content (AvgIpc) is 2.98. The first-order valence-electron chi connectivity index (χ1n) is 10.4. The molecular formula is C23H29NO3S2. The molecule has 4 nitrogen and oxygen atoms in total. The predicted molar refractivity (Wildman–Crippen MR) is 124 cm³/mol. The molecule has 2 aliphatic rings. The Morgan fingerprint density at radius 1 is 1.24 bits per heavy atom. The molecule has 3 rings (SSSR count). The van der Waals surface area contributed by atoms with Crippen molar-refractivity contribution in [3.8, 4) is 11.5 Å². The van der Waals surface area contributed by atoms with E-state index in [-0.39, 0.29) is 12.0 Å². The molecule has 0 saturated carbocycles. The zero-order valence-corrected chi connectivity index (χ0v) is 19.0. The van der Waals surface area contributed by atoms with Gasteiger partial charge in [0, 0.05) is 12.1 Å². The lowest BCUT2D eigenvalue weighted by Gasteiger charge is -2.24. The van der Waals surface area contributed by atoms with E-state index in [0.29, 0.717) is 15.8 Å². The Hall–Kier alpha value is -1.79. The van der Waals surface area contributed by atoms with E-state index < -0.39 is 0 Å². The number of nitrogens with zero attached hydrogens (tertiary/aromatic N) is 1. The third-order valence-corrected chi connectivity index (χ3v) is 6.60. The molecule has 2 aliphatic heterocycles. The maximum Gasteiger partial charge on any atom is 0.266 e. The monoisotopic (exact) mass is 431 g/mol. The van der Waals surface area contributed by atoms with Crippen molar-refractivity contribution in [1.29, 1.82) is 0 Å². The van der Waals surface area contributed by atoms with E-state index in [9.17, 15) is 4.79 Å². The van der Waals surface area contributed by atoms with E-state index in [0.717, 1.165) is 35.5 Å². The Balaban J connectivity index is 1.68. The first-order valence-corrected chi connectivity index (χ1v) is 11.6. The lowest BCUT2D eigenvalue weighted by Crippen LogP contribution is -2.29. The van der Waals surface area contributed by atoms with Crippen molar-refractivity contribution in [1.82, 2.24) is 4.90 Å². The summed E-state index contributed by atoms with van der Waals surface area (Å²) in [6.45, 7) is 4.91. The van der Waals surface area contributed by atoms with Gasteiger partial charge in [0.05, 0.1) is 12.0 Å². The highest BCUT2D eigenvalue weighted by Crippen LogP contribution is 2.39. The van der Waals surface area contributed by atoms with Crippen LogP contribution in [0.15, 0.2) is 34.8 Å². The minimum atomic E-state index is -0.166. The molecule has 156 valence electrons. The van der Waals surface area contributed by atoms with Gasteiger partial charge < -0.3 is 9.47 Å². The highest BCUT2D eigenvalue weighted by atomic mass is 32.2. The van der Waals surface area contributed by atoms with Gasteiger partial charge in [0.2, 0.25) is 0 Å². The predicted octanol–water partition coefficient (Wildman–Crippen LogP) is 5.96. The highest BCUT2D eigenvalue weighted by molar-refractivity contribution is 8.26. The van der Waals surface area contributed by atoms with E-state index in [1.165, 1.54) is 37.4 Å². The van der Waals surface area contributed by atoms with Crippen molar-refractivity contribution < 1.29 is 14.3 Å². The summed E-state index contributed by atoms with van der Waals surface area (Å²) in [7, 11) is 1.64. The Morgan fingerprint density at radius 2 is 2.00 bits per heavy atom. The Morgan fingerprint density at radius 3 is 2.76 bits per heavy atom. The van der Waals surface area contributed by atoms with Crippen LogP contribution in [0.5, 0.6) is 11.5 Å². The summed E-state index contributed by atoms with van der Waals surface area (Å²) in [5.74, 6) is 1.48. The molecule has 2 heterocycles. The van der Waals surface area contributed by atoms with Crippen LogP contribution in [0, 0.1) is 0 Å². The minimum absolute atomic E-state index is 0.0121. The molecule has 6 heteroatoms. The Kier molecular flexibility index (Phi) is 7.78. The van der Waals surface area contributed by atoms with Crippen LogP contribution in [-0.4, -0.2) is 34.9 Å². The number of rotatable bonds is 9. The number of carbonyl (C=O) groups excluding carboxylic acids is 1. The number of benzene rings is 1. The number of fused-ring (bicyclic) bond motifs is 1. The second kappa shape index (κ2) is 10.3. The van der Waals surface area contributed by atoms with Crippen LogP contribution in [0.25, 0.3) is 6.08 Å². The molecule has 0 aliphatic carbocycles. The molecule has 1 aromatic carbocycles. The topological polar surface area (TPSA) is 38.8 Å². The van der Waals surface area contributed by atoms with Crippen molar-refractivity contribution >= 4 is 40.3 Å². The summed E-state index contributed by atoms with van der Waals surface area (Å²) >= 11 is 6.85. The van der Waals surface area contributed by atoms with Crippen LogP contribution < -0.4 is 9.47 Å². The minimum Gasteiger partial charge on any atom is -0.493 e. The molecule has 1 aromatic rings. The van der Waals surface area contributed by atoms with Crippen LogP contribution in [0.2, 0.25) is 0 Å². The van der Waals surface area contributed by atoms with Gasteiger partial charge in [-0.1, -0.05) is 75.1 Å². The molecule has 0 aromatic heterocycles. The van der Waals surface area contributed by atoms with E-state index in [1.54, 1.807) is 12.0 Å². The molecule has 0 spiro atoms. The average molecular weight is 432 g/mol. The Bertz CT molecular complexity index is 831. The SMILES string of the molecule is CCCCCCCCN1C(=O)C(=CC2=Cc3cccc(OC)c3OC2C)SC1=S. The third kappa shape index (κ3) is 5.23. The molecular weight excluding hydrogens is 402 g/mol. The van der Waals surface area contributed by atoms with Gasteiger partial charge in [0.1, 0.15) is 10.4 Å². The summed E-state index contributed by atoms with van der Waals surface area (Å²) in [4.78, 5) is 15.3. The van der Waals surface area contributed by atoms with Gasteiger partial charge in [0.15, 0.2) is 11.5 Å². The number of carbonyl (C=O) groups is 1. The molecule has 1 amide bonds. The van der Waals surface area contributed by atoms with Gasteiger partial charge in [-0.25, -0.2) is 0 Å². The van der Waals surface area contributed by atoms with Crippen molar-refractivity contribution in [2.45, 2.75) is 58.5 Å². The zero-order valence-electron chi connectivity index (χ0n) is 17.4. The number of hydrogen-bond donors (Lipinski definition) is 0. The van der Waals surface area contributed by atoms with E-state index in [2.05, 4.69) is 13.0 Å². The van der Waals surface area contributed by atoms with Crippen LogP contribution in [0.4, 0.5) is 0 Å². The van der Waals surface area contributed by atoms with Gasteiger partial charge in [-0.2, -0.15) is 0 Å². The van der Waals surface area contributed by atoms with Gasteiger partial charge in [-0.3, -0.25) is 9.69 Å². The number of thioether (sulfide) groups is 1. The second-order valence-corrected chi connectivity index (χ2v) is 9.06. The lowest BCUT2D eigenvalue weighted by molar-refractivity contribution is -0.122. The number of unbranched alkanes of at least 4 members (excludes halogenated alkanes) is 5. The summed E-state index contributed by atoms with van der Waals surface area (Å²) in [6, 6.07) is 5.81. The number of ether oxygens (including phenoxy) is 2. The third-order valence-electron chi connectivity index (χ3n) is 5.22. The summed E-state index contributed by atoms with van der Waals surface area (Å²) < 4.78 is 12.1.